The Labute approximate surface area is 171 Å². The van der Waals surface area contributed by atoms with Crippen molar-refractivity contribution in [3.05, 3.63) is 58.7 Å². The van der Waals surface area contributed by atoms with Crippen molar-refractivity contribution < 1.29 is 9.59 Å². The average Bonchev–Trinajstić information content (AvgIpc) is 2.76. The monoisotopic (exact) mass is 389 g/mol. The van der Waals surface area contributed by atoms with Gasteiger partial charge in [0.05, 0.1) is 5.69 Å². The first-order valence-electron chi connectivity index (χ1n) is 10.7. The van der Waals surface area contributed by atoms with E-state index in [2.05, 4.69) is 36.1 Å². The second kappa shape index (κ2) is 7.21. The van der Waals surface area contributed by atoms with Crippen LogP contribution < -0.4 is 9.80 Å². The molecule has 5 heteroatoms. The van der Waals surface area contributed by atoms with E-state index in [1.54, 1.807) is 0 Å². The molecule has 0 unspecified atom stereocenters. The first kappa shape index (κ1) is 18.2. The van der Waals surface area contributed by atoms with E-state index < -0.39 is 0 Å². The number of carbonyl (C=O) groups excluding carboxylic acids is 2. The average molecular weight is 389 g/mol. The molecule has 5 nitrogen and oxygen atoms in total. The molecule has 2 aromatic carbocycles. The summed E-state index contributed by atoms with van der Waals surface area (Å²) < 4.78 is 0. The standard InChI is InChI=1S/C24H27N3O2/c1-17-4-2-6-21(14-17)25-10-12-26(13-11-25)24(29)20-15-18-5-3-9-27-22(28)8-7-19(16-20)23(18)27/h2,4,6,14-16H,3,5,7-13H2,1H3. The molecule has 0 N–H and O–H groups in total. The minimum Gasteiger partial charge on any atom is -0.368 e. The smallest absolute Gasteiger partial charge is 0.253 e. The summed E-state index contributed by atoms with van der Waals surface area (Å²) in [6.45, 7) is 6.12. The van der Waals surface area contributed by atoms with Crippen LogP contribution in [-0.2, 0) is 17.6 Å². The number of hydrogen-bond donors (Lipinski definition) is 0. The number of rotatable bonds is 2. The molecule has 0 saturated carbocycles. The summed E-state index contributed by atoms with van der Waals surface area (Å²) in [5.41, 5.74) is 6.72. The van der Waals surface area contributed by atoms with Gasteiger partial charge in [-0.1, -0.05) is 12.1 Å². The number of aryl methyl sites for hydroxylation is 3. The van der Waals surface area contributed by atoms with Crippen molar-refractivity contribution in [1.29, 1.82) is 0 Å². The molecule has 3 aliphatic rings. The van der Waals surface area contributed by atoms with Crippen molar-refractivity contribution in [1.82, 2.24) is 4.90 Å². The molecule has 0 bridgehead atoms. The second-order valence-corrected chi connectivity index (χ2v) is 8.41. The van der Waals surface area contributed by atoms with Gasteiger partial charge in [-0.25, -0.2) is 0 Å². The van der Waals surface area contributed by atoms with E-state index in [0.29, 0.717) is 6.42 Å². The largest absolute Gasteiger partial charge is 0.368 e. The van der Waals surface area contributed by atoms with E-state index in [9.17, 15) is 9.59 Å². The normalized spacial score (nSPS) is 18.7. The number of hydrogen-bond acceptors (Lipinski definition) is 3. The maximum absolute atomic E-state index is 13.2. The fourth-order valence-electron chi connectivity index (χ4n) is 4.95. The predicted molar refractivity (Wildman–Crippen MR) is 115 cm³/mol. The zero-order valence-electron chi connectivity index (χ0n) is 17.0. The Bertz CT molecular complexity index is 959. The van der Waals surface area contributed by atoms with Crippen LogP contribution in [0.1, 0.15) is 39.9 Å². The van der Waals surface area contributed by atoms with Crippen LogP contribution in [0.5, 0.6) is 0 Å². The van der Waals surface area contributed by atoms with Gasteiger partial charge in [0.1, 0.15) is 0 Å². The quantitative estimate of drug-likeness (QED) is 0.792. The van der Waals surface area contributed by atoms with Gasteiger partial charge in [0.15, 0.2) is 0 Å². The Kier molecular flexibility index (Phi) is 4.53. The van der Waals surface area contributed by atoms with Gasteiger partial charge in [-0.05, 0) is 67.1 Å². The van der Waals surface area contributed by atoms with Crippen LogP contribution in [0.2, 0.25) is 0 Å². The lowest BCUT2D eigenvalue weighted by molar-refractivity contribution is -0.119. The number of amides is 2. The Hall–Kier alpha value is -2.82. The number of nitrogens with zero attached hydrogens (tertiary/aromatic N) is 3. The lowest BCUT2D eigenvalue weighted by atomic mass is 9.89. The Morgan fingerprint density at radius 2 is 1.66 bits per heavy atom. The van der Waals surface area contributed by atoms with Gasteiger partial charge in [-0.2, -0.15) is 0 Å². The molecular formula is C24H27N3O2. The van der Waals surface area contributed by atoms with E-state index in [1.807, 2.05) is 21.9 Å². The molecule has 5 rings (SSSR count). The topological polar surface area (TPSA) is 43.9 Å². The molecule has 2 aromatic rings. The lowest BCUT2D eigenvalue weighted by Crippen LogP contribution is -2.49. The number of anilines is 2. The molecule has 0 aromatic heterocycles. The highest BCUT2D eigenvalue weighted by Crippen LogP contribution is 2.37. The maximum Gasteiger partial charge on any atom is 0.253 e. The third-order valence-electron chi connectivity index (χ3n) is 6.46. The fraction of sp³-hybridized carbons (Fsp3) is 0.417. The van der Waals surface area contributed by atoms with Crippen molar-refractivity contribution >= 4 is 23.2 Å². The van der Waals surface area contributed by atoms with Crippen molar-refractivity contribution in [2.24, 2.45) is 0 Å². The Balaban J connectivity index is 1.34. The molecule has 3 aliphatic heterocycles. The molecule has 29 heavy (non-hydrogen) atoms. The highest BCUT2D eigenvalue weighted by molar-refractivity contribution is 6.00. The van der Waals surface area contributed by atoms with Gasteiger partial charge in [-0.3, -0.25) is 9.59 Å². The van der Waals surface area contributed by atoms with Crippen LogP contribution in [0, 0.1) is 6.92 Å². The van der Waals surface area contributed by atoms with Crippen LogP contribution in [0.15, 0.2) is 36.4 Å². The number of benzene rings is 2. The van der Waals surface area contributed by atoms with Crippen molar-refractivity contribution in [3.8, 4) is 0 Å². The maximum atomic E-state index is 13.2. The molecule has 3 heterocycles. The second-order valence-electron chi connectivity index (χ2n) is 8.41. The van der Waals surface area contributed by atoms with E-state index in [1.165, 1.54) is 22.4 Å². The van der Waals surface area contributed by atoms with Gasteiger partial charge in [0.25, 0.3) is 5.91 Å². The summed E-state index contributed by atoms with van der Waals surface area (Å²) in [7, 11) is 0. The van der Waals surface area contributed by atoms with Crippen LogP contribution in [0.3, 0.4) is 0 Å². The molecule has 1 saturated heterocycles. The van der Waals surface area contributed by atoms with Crippen molar-refractivity contribution in [2.75, 3.05) is 42.5 Å². The van der Waals surface area contributed by atoms with E-state index in [-0.39, 0.29) is 11.8 Å². The van der Waals surface area contributed by atoms with E-state index >= 15 is 0 Å². The third kappa shape index (κ3) is 3.28. The van der Waals surface area contributed by atoms with E-state index in [0.717, 1.165) is 63.2 Å². The van der Waals surface area contributed by atoms with Gasteiger partial charge in [-0.15, -0.1) is 0 Å². The van der Waals surface area contributed by atoms with Gasteiger partial charge in [0, 0.05) is 50.4 Å². The zero-order chi connectivity index (χ0) is 20.0. The molecular weight excluding hydrogens is 362 g/mol. The SMILES string of the molecule is Cc1cccc(N2CCN(C(=O)c3cc4c5c(c3)CCC(=O)N5CCC4)CC2)c1. The van der Waals surface area contributed by atoms with Gasteiger partial charge >= 0.3 is 0 Å². The molecule has 0 aliphatic carbocycles. The Morgan fingerprint density at radius 3 is 2.41 bits per heavy atom. The predicted octanol–water partition coefficient (Wildman–Crippen LogP) is 3.18. The van der Waals surface area contributed by atoms with Gasteiger partial charge < -0.3 is 14.7 Å². The highest BCUT2D eigenvalue weighted by Gasteiger charge is 2.31. The molecule has 0 spiro atoms. The molecule has 0 radical (unpaired) electrons. The number of piperazine rings is 1. The Morgan fingerprint density at radius 1 is 0.897 bits per heavy atom. The minimum atomic E-state index is 0.127. The lowest BCUT2D eigenvalue weighted by Gasteiger charge is -2.37. The first-order valence-corrected chi connectivity index (χ1v) is 10.7. The fourth-order valence-corrected chi connectivity index (χ4v) is 4.95. The summed E-state index contributed by atoms with van der Waals surface area (Å²) in [5.74, 6) is 0.353. The van der Waals surface area contributed by atoms with Gasteiger partial charge in [0.2, 0.25) is 5.91 Å². The summed E-state index contributed by atoms with van der Waals surface area (Å²) in [6, 6.07) is 12.6. The van der Waals surface area contributed by atoms with Crippen LogP contribution in [0.4, 0.5) is 11.4 Å². The zero-order valence-corrected chi connectivity index (χ0v) is 17.0. The summed E-state index contributed by atoms with van der Waals surface area (Å²) in [6.07, 6.45) is 3.23. The summed E-state index contributed by atoms with van der Waals surface area (Å²) in [5, 5.41) is 0. The van der Waals surface area contributed by atoms with Crippen molar-refractivity contribution in [2.45, 2.75) is 32.6 Å². The van der Waals surface area contributed by atoms with Crippen LogP contribution in [-0.4, -0.2) is 49.4 Å². The minimum absolute atomic E-state index is 0.127. The van der Waals surface area contributed by atoms with Crippen LogP contribution >= 0.6 is 0 Å². The van der Waals surface area contributed by atoms with Crippen LogP contribution in [0.25, 0.3) is 0 Å². The summed E-state index contributed by atoms with van der Waals surface area (Å²) >= 11 is 0. The third-order valence-corrected chi connectivity index (χ3v) is 6.46. The highest BCUT2D eigenvalue weighted by atomic mass is 16.2. The van der Waals surface area contributed by atoms with Crippen molar-refractivity contribution in [3.63, 3.8) is 0 Å². The molecule has 150 valence electrons. The molecule has 1 fully saturated rings. The summed E-state index contributed by atoms with van der Waals surface area (Å²) in [4.78, 5) is 31.8. The number of carbonyl (C=O) groups is 2. The first-order chi connectivity index (χ1) is 14.1. The molecule has 0 atom stereocenters. The van der Waals surface area contributed by atoms with E-state index in [4.69, 9.17) is 0 Å². The molecule has 2 amide bonds.